The normalized spacial score (nSPS) is 31.5. The van der Waals surface area contributed by atoms with Crippen molar-refractivity contribution in [2.75, 3.05) is 25.4 Å². The molecule has 4 heteroatoms. The second kappa shape index (κ2) is 4.74. The molecule has 0 aliphatic carbocycles. The molecule has 0 bridgehead atoms. The molecule has 86 valence electrons. The maximum Gasteiger partial charge on any atom is 0.239 e. The Bertz CT molecular complexity index is 241. The van der Waals surface area contributed by atoms with E-state index in [0.29, 0.717) is 17.1 Å². The van der Waals surface area contributed by atoms with Crippen LogP contribution in [0.1, 0.15) is 20.3 Å². The predicted molar refractivity (Wildman–Crippen MR) is 64.1 cm³/mol. The molecule has 2 atom stereocenters. The molecule has 1 amide bonds. The van der Waals surface area contributed by atoms with Gasteiger partial charge >= 0.3 is 0 Å². The number of hydrogen-bond donors (Lipinski definition) is 1. The van der Waals surface area contributed by atoms with Crippen molar-refractivity contribution in [2.45, 2.75) is 31.6 Å². The van der Waals surface area contributed by atoms with Crippen molar-refractivity contribution in [1.29, 1.82) is 0 Å². The van der Waals surface area contributed by atoms with E-state index in [1.165, 1.54) is 0 Å². The molecule has 2 aliphatic rings. The highest BCUT2D eigenvalue weighted by Crippen LogP contribution is 2.25. The van der Waals surface area contributed by atoms with Crippen LogP contribution >= 0.6 is 11.8 Å². The fraction of sp³-hybridized carbons (Fsp3) is 0.909. The molecule has 0 aromatic heterocycles. The van der Waals surface area contributed by atoms with Gasteiger partial charge in [0.1, 0.15) is 0 Å². The summed E-state index contributed by atoms with van der Waals surface area (Å²) >= 11 is 2.02. The smallest absolute Gasteiger partial charge is 0.239 e. The van der Waals surface area contributed by atoms with Crippen molar-refractivity contribution in [2.24, 2.45) is 5.92 Å². The molecule has 0 aromatic rings. The largest absolute Gasteiger partial charge is 0.339 e. The van der Waals surface area contributed by atoms with E-state index in [0.717, 1.165) is 31.8 Å². The van der Waals surface area contributed by atoms with E-state index in [2.05, 4.69) is 24.1 Å². The number of amides is 1. The Balaban J connectivity index is 1.88. The van der Waals surface area contributed by atoms with Gasteiger partial charge in [-0.3, -0.25) is 4.79 Å². The summed E-state index contributed by atoms with van der Waals surface area (Å²) in [4.78, 5) is 14.1. The van der Waals surface area contributed by atoms with E-state index in [4.69, 9.17) is 0 Å². The molecule has 2 rings (SSSR count). The summed E-state index contributed by atoms with van der Waals surface area (Å²) in [5.74, 6) is 2.09. The van der Waals surface area contributed by atoms with Crippen molar-refractivity contribution >= 4 is 17.7 Å². The topological polar surface area (TPSA) is 32.3 Å². The van der Waals surface area contributed by atoms with Crippen LogP contribution in [0.25, 0.3) is 0 Å². The molecule has 2 aliphatic heterocycles. The number of hydrogen-bond acceptors (Lipinski definition) is 3. The summed E-state index contributed by atoms with van der Waals surface area (Å²) in [5.41, 5.74) is 0. The highest BCUT2D eigenvalue weighted by atomic mass is 32.2. The molecule has 0 saturated carbocycles. The number of thioether (sulfide) groups is 1. The summed E-state index contributed by atoms with van der Waals surface area (Å²) in [6, 6.07) is 0.126. The van der Waals surface area contributed by atoms with E-state index in [-0.39, 0.29) is 6.04 Å². The summed E-state index contributed by atoms with van der Waals surface area (Å²) < 4.78 is 0. The van der Waals surface area contributed by atoms with Crippen LogP contribution in [0.2, 0.25) is 0 Å². The van der Waals surface area contributed by atoms with E-state index in [1.54, 1.807) is 0 Å². The molecule has 2 saturated heterocycles. The fourth-order valence-electron chi connectivity index (χ4n) is 2.00. The lowest BCUT2D eigenvalue weighted by Crippen LogP contribution is -2.57. The lowest BCUT2D eigenvalue weighted by atomic mass is 10.0. The van der Waals surface area contributed by atoms with Gasteiger partial charge in [-0.2, -0.15) is 11.8 Å². The summed E-state index contributed by atoms with van der Waals surface area (Å²) in [5, 5.41) is 3.82. The third-order valence-electron chi connectivity index (χ3n) is 3.27. The molecule has 1 unspecified atom stereocenters. The van der Waals surface area contributed by atoms with Gasteiger partial charge in [-0.1, -0.05) is 13.8 Å². The summed E-state index contributed by atoms with van der Waals surface area (Å²) in [6.45, 7) is 7.37. The molecule has 15 heavy (non-hydrogen) atoms. The zero-order chi connectivity index (χ0) is 10.8. The third kappa shape index (κ3) is 2.48. The molecule has 2 fully saturated rings. The van der Waals surface area contributed by atoms with Gasteiger partial charge < -0.3 is 10.2 Å². The van der Waals surface area contributed by atoms with Crippen molar-refractivity contribution in [1.82, 2.24) is 10.2 Å². The van der Waals surface area contributed by atoms with Gasteiger partial charge in [0.05, 0.1) is 6.04 Å². The Hall–Kier alpha value is -0.220. The van der Waals surface area contributed by atoms with Crippen molar-refractivity contribution < 1.29 is 4.79 Å². The van der Waals surface area contributed by atoms with Gasteiger partial charge in [0.15, 0.2) is 0 Å². The van der Waals surface area contributed by atoms with Crippen LogP contribution in [0.5, 0.6) is 0 Å². The number of carbonyl (C=O) groups excluding carboxylic acids is 1. The number of nitrogens with zero attached hydrogens (tertiary/aromatic N) is 1. The highest BCUT2D eigenvalue weighted by molar-refractivity contribution is 8.00. The predicted octanol–water partition coefficient (Wildman–Crippen LogP) is 0.948. The van der Waals surface area contributed by atoms with Crippen molar-refractivity contribution in [3.63, 3.8) is 0 Å². The van der Waals surface area contributed by atoms with E-state index < -0.39 is 0 Å². The van der Waals surface area contributed by atoms with Crippen LogP contribution in [0, 0.1) is 5.92 Å². The molecule has 0 radical (unpaired) electrons. The summed E-state index contributed by atoms with van der Waals surface area (Å²) in [7, 11) is 0. The van der Waals surface area contributed by atoms with Gasteiger partial charge in [0.2, 0.25) is 5.91 Å². The molecule has 0 spiro atoms. The molecule has 3 nitrogen and oxygen atoms in total. The minimum Gasteiger partial charge on any atom is -0.339 e. The molecule has 1 N–H and O–H groups in total. The first-order valence-electron chi connectivity index (χ1n) is 5.82. The minimum absolute atomic E-state index is 0.126. The molecular formula is C11H20N2OS. The number of rotatable bonds is 2. The lowest BCUT2D eigenvalue weighted by Gasteiger charge is -2.38. The van der Waals surface area contributed by atoms with Crippen LogP contribution in [-0.4, -0.2) is 47.5 Å². The zero-order valence-electron chi connectivity index (χ0n) is 9.53. The first-order valence-corrected chi connectivity index (χ1v) is 6.87. The van der Waals surface area contributed by atoms with Gasteiger partial charge in [0.25, 0.3) is 0 Å². The lowest BCUT2D eigenvalue weighted by molar-refractivity contribution is -0.135. The van der Waals surface area contributed by atoms with Gasteiger partial charge in [-0.05, 0) is 18.9 Å². The second-order valence-electron chi connectivity index (χ2n) is 4.73. The first kappa shape index (κ1) is 11.3. The Morgan fingerprint density at radius 2 is 2.27 bits per heavy atom. The quantitative estimate of drug-likeness (QED) is 0.764. The first-order chi connectivity index (χ1) is 7.18. The third-order valence-corrected chi connectivity index (χ3v) is 4.81. The van der Waals surface area contributed by atoms with E-state index in [9.17, 15) is 4.79 Å². The van der Waals surface area contributed by atoms with Gasteiger partial charge in [-0.15, -0.1) is 0 Å². The van der Waals surface area contributed by atoms with Crippen LogP contribution in [-0.2, 0) is 4.79 Å². The molecule has 2 heterocycles. The molecule has 0 aromatic carbocycles. The Morgan fingerprint density at radius 3 is 2.80 bits per heavy atom. The van der Waals surface area contributed by atoms with Gasteiger partial charge in [0, 0.05) is 24.1 Å². The van der Waals surface area contributed by atoms with Crippen molar-refractivity contribution in [3.8, 4) is 0 Å². The van der Waals surface area contributed by atoms with E-state index >= 15 is 0 Å². The minimum atomic E-state index is 0.126. The maximum atomic E-state index is 12.0. The van der Waals surface area contributed by atoms with Crippen molar-refractivity contribution in [3.05, 3.63) is 0 Å². The molecular weight excluding hydrogens is 208 g/mol. The van der Waals surface area contributed by atoms with Crippen LogP contribution in [0.4, 0.5) is 0 Å². The van der Waals surface area contributed by atoms with Crippen LogP contribution < -0.4 is 5.32 Å². The average molecular weight is 228 g/mol. The fourth-order valence-corrected chi connectivity index (χ4v) is 3.30. The standard InChI is InChI=1S/C11H20N2OS/c1-8(2)10-7-13(5-6-15-10)11(14)9-3-4-12-9/h8-10,12H,3-7H2,1-2H3/t9-,10?/m1/s1. The Morgan fingerprint density at radius 1 is 1.53 bits per heavy atom. The van der Waals surface area contributed by atoms with Gasteiger partial charge in [-0.25, -0.2) is 0 Å². The number of carbonyl (C=O) groups is 1. The Kier molecular flexibility index (Phi) is 3.57. The summed E-state index contributed by atoms with van der Waals surface area (Å²) in [6.07, 6.45) is 1.02. The van der Waals surface area contributed by atoms with Crippen LogP contribution in [0.3, 0.4) is 0 Å². The Labute approximate surface area is 96.0 Å². The zero-order valence-corrected chi connectivity index (χ0v) is 10.3. The number of nitrogens with one attached hydrogen (secondary N) is 1. The van der Waals surface area contributed by atoms with Crippen LogP contribution in [0.15, 0.2) is 0 Å². The highest BCUT2D eigenvalue weighted by Gasteiger charge is 2.32. The second-order valence-corrected chi connectivity index (χ2v) is 6.08. The monoisotopic (exact) mass is 228 g/mol. The van der Waals surface area contributed by atoms with E-state index in [1.807, 2.05) is 11.8 Å². The SMILES string of the molecule is CC(C)C1CN(C(=O)[C@H]2CCN2)CCS1. The maximum absolute atomic E-state index is 12.0. The average Bonchev–Trinajstić information content (AvgIpc) is 2.15.